The van der Waals surface area contributed by atoms with Gasteiger partial charge in [0.25, 0.3) is 0 Å². The first kappa shape index (κ1) is 9.37. The number of hydrogen-bond acceptors (Lipinski definition) is 2. The summed E-state index contributed by atoms with van der Waals surface area (Å²) in [5, 5.41) is 0. The lowest BCUT2D eigenvalue weighted by molar-refractivity contribution is 0.281. The monoisotopic (exact) mass is 202 g/mol. The van der Waals surface area contributed by atoms with Gasteiger partial charge in [-0.05, 0) is 30.9 Å². The molecule has 0 spiro atoms. The first-order valence-electron chi connectivity index (χ1n) is 5.89. The molecule has 2 nitrogen and oxygen atoms in total. The van der Waals surface area contributed by atoms with Gasteiger partial charge >= 0.3 is 0 Å². The van der Waals surface area contributed by atoms with Gasteiger partial charge in [0.1, 0.15) is 0 Å². The molecular formula is C13H18N2. The van der Waals surface area contributed by atoms with Crippen LogP contribution in [0.5, 0.6) is 0 Å². The summed E-state index contributed by atoms with van der Waals surface area (Å²) in [6.07, 6.45) is 2.81. The Bertz CT molecular complexity index is 336. The Morgan fingerprint density at radius 3 is 2.73 bits per heavy atom. The third kappa shape index (κ3) is 1.80. The van der Waals surface area contributed by atoms with E-state index in [9.17, 15) is 0 Å². The summed E-state index contributed by atoms with van der Waals surface area (Å²) in [4.78, 5) is 2.57. The maximum absolute atomic E-state index is 6.21. The summed E-state index contributed by atoms with van der Waals surface area (Å²) in [5.41, 5.74) is 7.48. The molecule has 3 unspecified atom stereocenters. The molecule has 1 aliphatic heterocycles. The van der Waals surface area contributed by atoms with E-state index >= 15 is 0 Å². The van der Waals surface area contributed by atoms with Crippen LogP contribution >= 0.6 is 0 Å². The summed E-state index contributed by atoms with van der Waals surface area (Å²) >= 11 is 0. The lowest BCUT2D eigenvalue weighted by atomic mass is 10.1. The zero-order valence-electron chi connectivity index (χ0n) is 8.97. The van der Waals surface area contributed by atoms with Gasteiger partial charge in [0.2, 0.25) is 0 Å². The van der Waals surface area contributed by atoms with Crippen molar-refractivity contribution in [3.8, 4) is 0 Å². The predicted octanol–water partition coefficient (Wildman–Crippen LogP) is 1.78. The van der Waals surface area contributed by atoms with Crippen LogP contribution in [0.25, 0.3) is 0 Å². The molecular weight excluding hydrogens is 184 g/mol. The number of nitrogens with zero attached hydrogens (tertiary/aromatic N) is 1. The number of benzene rings is 1. The Balaban J connectivity index is 1.63. The molecule has 2 N–H and O–H groups in total. The minimum atomic E-state index is 0.186. The quantitative estimate of drug-likeness (QED) is 0.809. The SMILES string of the molecule is NC(CN1CCC2CC21)c1ccccc1. The van der Waals surface area contributed by atoms with Crippen LogP contribution in [0.2, 0.25) is 0 Å². The molecule has 1 aromatic rings. The van der Waals surface area contributed by atoms with Gasteiger partial charge in [-0.15, -0.1) is 0 Å². The van der Waals surface area contributed by atoms with Crippen molar-refractivity contribution in [3.05, 3.63) is 35.9 Å². The van der Waals surface area contributed by atoms with Gasteiger partial charge in [-0.1, -0.05) is 30.3 Å². The number of rotatable bonds is 3. The van der Waals surface area contributed by atoms with Crippen molar-refractivity contribution < 1.29 is 0 Å². The molecule has 0 aromatic heterocycles. The van der Waals surface area contributed by atoms with Crippen LogP contribution in [0.15, 0.2) is 30.3 Å². The Labute approximate surface area is 91.1 Å². The molecule has 1 saturated carbocycles. The molecule has 80 valence electrons. The van der Waals surface area contributed by atoms with Crippen LogP contribution in [0.4, 0.5) is 0 Å². The highest BCUT2D eigenvalue weighted by atomic mass is 15.2. The highest BCUT2D eigenvalue weighted by molar-refractivity contribution is 5.19. The Kier molecular flexibility index (Phi) is 2.26. The minimum Gasteiger partial charge on any atom is -0.323 e. The fraction of sp³-hybridized carbons (Fsp3) is 0.538. The summed E-state index contributed by atoms with van der Waals surface area (Å²) in [7, 11) is 0. The molecule has 2 fully saturated rings. The van der Waals surface area contributed by atoms with E-state index in [2.05, 4.69) is 29.2 Å². The lowest BCUT2D eigenvalue weighted by Crippen LogP contribution is -2.32. The van der Waals surface area contributed by atoms with Gasteiger partial charge in [-0.2, -0.15) is 0 Å². The molecule has 0 radical (unpaired) electrons. The molecule has 1 heterocycles. The fourth-order valence-electron chi connectivity index (χ4n) is 2.77. The molecule has 2 heteroatoms. The van der Waals surface area contributed by atoms with Crippen molar-refractivity contribution in [2.75, 3.05) is 13.1 Å². The zero-order valence-corrected chi connectivity index (χ0v) is 8.97. The van der Waals surface area contributed by atoms with Crippen molar-refractivity contribution in [2.24, 2.45) is 11.7 Å². The van der Waals surface area contributed by atoms with Crippen LogP contribution < -0.4 is 5.73 Å². The molecule has 1 aromatic carbocycles. The number of nitrogens with two attached hydrogens (primary N) is 1. The number of piperidine rings is 1. The molecule has 1 saturated heterocycles. The van der Waals surface area contributed by atoms with Crippen LogP contribution in [-0.2, 0) is 0 Å². The first-order valence-corrected chi connectivity index (χ1v) is 5.89. The van der Waals surface area contributed by atoms with E-state index in [4.69, 9.17) is 5.73 Å². The van der Waals surface area contributed by atoms with E-state index < -0.39 is 0 Å². The van der Waals surface area contributed by atoms with Gasteiger partial charge in [0.05, 0.1) is 0 Å². The smallest absolute Gasteiger partial charge is 0.0424 e. The fourth-order valence-corrected chi connectivity index (χ4v) is 2.77. The van der Waals surface area contributed by atoms with Crippen molar-refractivity contribution >= 4 is 0 Å². The molecule has 0 bridgehead atoms. The van der Waals surface area contributed by atoms with E-state index in [-0.39, 0.29) is 6.04 Å². The molecule has 15 heavy (non-hydrogen) atoms. The van der Waals surface area contributed by atoms with Crippen LogP contribution in [0, 0.1) is 5.92 Å². The summed E-state index contributed by atoms with van der Waals surface area (Å²) in [5.74, 6) is 1.01. The Morgan fingerprint density at radius 2 is 2.13 bits per heavy atom. The predicted molar refractivity (Wildman–Crippen MR) is 61.5 cm³/mol. The average molecular weight is 202 g/mol. The highest BCUT2D eigenvalue weighted by Crippen LogP contribution is 2.44. The van der Waals surface area contributed by atoms with Gasteiger partial charge in [-0.25, -0.2) is 0 Å². The van der Waals surface area contributed by atoms with E-state index in [0.29, 0.717) is 0 Å². The van der Waals surface area contributed by atoms with E-state index in [1.807, 2.05) is 6.07 Å². The molecule has 3 atom stereocenters. The number of fused-ring (bicyclic) bond motifs is 1. The van der Waals surface area contributed by atoms with Crippen LogP contribution in [-0.4, -0.2) is 24.0 Å². The summed E-state index contributed by atoms with van der Waals surface area (Å²) in [6.45, 7) is 2.29. The number of likely N-dealkylation sites (tertiary alicyclic amines) is 1. The van der Waals surface area contributed by atoms with Gasteiger partial charge in [-0.3, -0.25) is 4.90 Å². The maximum Gasteiger partial charge on any atom is 0.0424 e. The van der Waals surface area contributed by atoms with Gasteiger partial charge in [0, 0.05) is 18.6 Å². The number of hydrogen-bond donors (Lipinski definition) is 1. The normalized spacial score (nSPS) is 31.3. The largest absolute Gasteiger partial charge is 0.323 e. The molecule has 3 rings (SSSR count). The van der Waals surface area contributed by atoms with E-state index in [1.54, 1.807) is 0 Å². The third-order valence-electron chi connectivity index (χ3n) is 3.80. The summed E-state index contributed by atoms with van der Waals surface area (Å²) in [6, 6.07) is 11.5. The van der Waals surface area contributed by atoms with Crippen molar-refractivity contribution in [3.63, 3.8) is 0 Å². The van der Waals surface area contributed by atoms with Gasteiger partial charge in [0.15, 0.2) is 0 Å². The molecule has 2 aliphatic rings. The lowest BCUT2D eigenvalue weighted by Gasteiger charge is -2.22. The third-order valence-corrected chi connectivity index (χ3v) is 3.80. The van der Waals surface area contributed by atoms with Crippen molar-refractivity contribution in [1.82, 2.24) is 4.90 Å². The zero-order chi connectivity index (χ0) is 10.3. The van der Waals surface area contributed by atoms with Crippen LogP contribution in [0.1, 0.15) is 24.4 Å². The van der Waals surface area contributed by atoms with Gasteiger partial charge < -0.3 is 5.73 Å². The van der Waals surface area contributed by atoms with E-state index in [0.717, 1.165) is 18.5 Å². The Morgan fingerprint density at radius 1 is 1.33 bits per heavy atom. The van der Waals surface area contributed by atoms with Crippen molar-refractivity contribution in [2.45, 2.75) is 24.9 Å². The average Bonchev–Trinajstić information content (AvgIpc) is 2.97. The minimum absolute atomic E-state index is 0.186. The topological polar surface area (TPSA) is 29.3 Å². The maximum atomic E-state index is 6.21. The highest BCUT2D eigenvalue weighted by Gasteiger charge is 2.46. The van der Waals surface area contributed by atoms with Crippen LogP contribution in [0.3, 0.4) is 0 Å². The standard InChI is InChI=1S/C13H18N2/c14-12(10-4-2-1-3-5-10)9-15-7-6-11-8-13(11)15/h1-5,11-13H,6-9,14H2. The molecule has 1 aliphatic carbocycles. The van der Waals surface area contributed by atoms with E-state index in [1.165, 1.54) is 24.9 Å². The van der Waals surface area contributed by atoms with Crippen molar-refractivity contribution in [1.29, 1.82) is 0 Å². The second kappa shape index (κ2) is 3.62. The molecule has 0 amide bonds. The first-order chi connectivity index (χ1) is 7.34. The second-order valence-corrected chi connectivity index (χ2v) is 4.86. The Hall–Kier alpha value is -0.860. The summed E-state index contributed by atoms with van der Waals surface area (Å²) < 4.78 is 0. The second-order valence-electron chi connectivity index (χ2n) is 4.86.